The summed E-state index contributed by atoms with van der Waals surface area (Å²) in [7, 11) is 0. The van der Waals surface area contributed by atoms with Crippen molar-refractivity contribution in [3.05, 3.63) is 39.5 Å². The van der Waals surface area contributed by atoms with E-state index in [2.05, 4.69) is 5.43 Å². The SMILES string of the molecule is N#CC(C#N)=CNN(Cl)c1cc(F)c(Cl)c(F)c1Cl. The molecule has 0 saturated carbocycles. The summed E-state index contributed by atoms with van der Waals surface area (Å²) in [6.45, 7) is 0. The molecule has 1 N–H and O–H groups in total. The van der Waals surface area contributed by atoms with Crippen molar-refractivity contribution in [2.75, 3.05) is 4.53 Å². The molecule has 98 valence electrons. The monoisotopic (exact) mass is 322 g/mol. The summed E-state index contributed by atoms with van der Waals surface area (Å²) >= 11 is 16.6. The van der Waals surface area contributed by atoms with Gasteiger partial charge in [0.05, 0.1) is 0 Å². The highest BCUT2D eigenvalue weighted by Gasteiger charge is 2.19. The minimum atomic E-state index is -1.17. The quantitative estimate of drug-likeness (QED) is 0.303. The van der Waals surface area contributed by atoms with Gasteiger partial charge in [-0.2, -0.15) is 15.1 Å². The van der Waals surface area contributed by atoms with E-state index in [0.717, 1.165) is 12.3 Å². The Kier molecular flexibility index (Phi) is 5.20. The van der Waals surface area contributed by atoms with Crippen LogP contribution in [0.2, 0.25) is 10.0 Å². The third-order valence-corrected chi connectivity index (χ3v) is 2.84. The molecule has 1 aromatic carbocycles. The van der Waals surface area contributed by atoms with Gasteiger partial charge in [0.15, 0.2) is 5.82 Å². The highest BCUT2D eigenvalue weighted by molar-refractivity contribution is 6.38. The average Bonchev–Trinajstić information content (AvgIpc) is 2.41. The van der Waals surface area contributed by atoms with Crippen LogP contribution >= 0.6 is 35.0 Å². The molecular formula is C10H3Cl3F2N4. The van der Waals surface area contributed by atoms with Gasteiger partial charge in [-0.25, -0.2) is 8.78 Å². The van der Waals surface area contributed by atoms with E-state index in [1.54, 1.807) is 12.1 Å². The lowest BCUT2D eigenvalue weighted by Crippen LogP contribution is -2.25. The number of nitrogens with zero attached hydrogens (tertiary/aromatic N) is 3. The maximum absolute atomic E-state index is 13.4. The predicted molar refractivity (Wildman–Crippen MR) is 67.2 cm³/mol. The number of hydrazine groups is 1. The molecule has 0 bridgehead atoms. The van der Waals surface area contributed by atoms with Crippen molar-refractivity contribution < 1.29 is 8.78 Å². The molecule has 19 heavy (non-hydrogen) atoms. The molecule has 0 aromatic heterocycles. The summed E-state index contributed by atoms with van der Waals surface area (Å²) in [6.07, 6.45) is 0.938. The zero-order valence-electron chi connectivity index (χ0n) is 8.89. The second kappa shape index (κ2) is 6.44. The van der Waals surface area contributed by atoms with E-state index in [0.29, 0.717) is 4.53 Å². The minimum absolute atomic E-state index is 0.269. The van der Waals surface area contributed by atoms with Crippen LogP contribution in [-0.4, -0.2) is 0 Å². The Morgan fingerprint density at radius 3 is 2.37 bits per heavy atom. The van der Waals surface area contributed by atoms with Gasteiger partial charge in [0.1, 0.15) is 39.3 Å². The van der Waals surface area contributed by atoms with Gasteiger partial charge < -0.3 is 0 Å². The van der Waals surface area contributed by atoms with E-state index in [1.165, 1.54) is 0 Å². The van der Waals surface area contributed by atoms with Gasteiger partial charge in [-0.1, -0.05) is 23.2 Å². The standard InChI is InChI=1S/C10H3Cl3F2N4/c11-8-6(14)1-7(9(12)10(8)15)19(13)18-4-5(2-16)3-17/h1,4,18H. The van der Waals surface area contributed by atoms with Crippen molar-refractivity contribution in [2.24, 2.45) is 0 Å². The molecular weight excluding hydrogens is 320 g/mol. The van der Waals surface area contributed by atoms with Crippen molar-refractivity contribution in [3.8, 4) is 12.1 Å². The average molecular weight is 324 g/mol. The fraction of sp³-hybridized carbons (Fsp3) is 0. The Hall–Kier alpha value is -1.73. The van der Waals surface area contributed by atoms with Crippen LogP contribution in [0.5, 0.6) is 0 Å². The molecule has 0 fully saturated rings. The minimum Gasteiger partial charge on any atom is -0.289 e. The van der Waals surface area contributed by atoms with Crippen molar-refractivity contribution in [1.82, 2.24) is 5.43 Å². The second-order valence-corrected chi connectivity index (χ2v) is 4.11. The number of benzene rings is 1. The van der Waals surface area contributed by atoms with Gasteiger partial charge in [-0.05, 0) is 0 Å². The number of rotatable bonds is 3. The van der Waals surface area contributed by atoms with E-state index in [-0.39, 0.29) is 11.3 Å². The third kappa shape index (κ3) is 3.39. The largest absolute Gasteiger partial charge is 0.289 e. The molecule has 0 aliphatic heterocycles. The van der Waals surface area contributed by atoms with E-state index in [4.69, 9.17) is 45.5 Å². The topological polar surface area (TPSA) is 62.9 Å². The number of halogens is 5. The molecule has 1 rings (SSSR count). The van der Waals surface area contributed by atoms with Crippen LogP contribution in [-0.2, 0) is 0 Å². The molecule has 0 heterocycles. The van der Waals surface area contributed by atoms with Crippen LogP contribution in [0.15, 0.2) is 17.8 Å². The number of hydrogen-bond acceptors (Lipinski definition) is 4. The highest BCUT2D eigenvalue weighted by atomic mass is 35.5. The van der Waals surface area contributed by atoms with Gasteiger partial charge >= 0.3 is 0 Å². The number of hydrogen-bond donors (Lipinski definition) is 1. The molecule has 9 heteroatoms. The van der Waals surface area contributed by atoms with Gasteiger partial charge in [0.25, 0.3) is 0 Å². The molecule has 0 radical (unpaired) electrons. The Bertz CT molecular complexity index is 603. The van der Waals surface area contributed by atoms with Crippen LogP contribution in [0.4, 0.5) is 14.5 Å². The zero-order chi connectivity index (χ0) is 14.6. The molecule has 0 unspecified atom stereocenters. The third-order valence-electron chi connectivity index (χ3n) is 1.86. The van der Waals surface area contributed by atoms with Gasteiger partial charge in [-0.15, -0.1) is 0 Å². The Morgan fingerprint density at radius 1 is 1.26 bits per heavy atom. The Labute approximate surface area is 122 Å². The first-order valence-corrected chi connectivity index (χ1v) is 5.57. The fourth-order valence-electron chi connectivity index (χ4n) is 0.984. The lowest BCUT2D eigenvalue weighted by atomic mass is 10.3. The molecule has 0 aliphatic rings. The van der Waals surface area contributed by atoms with Crippen molar-refractivity contribution >= 4 is 40.7 Å². The van der Waals surface area contributed by atoms with E-state index < -0.39 is 21.7 Å². The van der Waals surface area contributed by atoms with Gasteiger partial charge in [0.2, 0.25) is 0 Å². The summed E-state index contributed by atoms with van der Waals surface area (Å²) in [4.78, 5) is 0. The fourth-order valence-corrected chi connectivity index (χ4v) is 1.64. The van der Waals surface area contributed by atoms with E-state index >= 15 is 0 Å². The maximum Gasteiger partial charge on any atom is 0.165 e. The summed E-state index contributed by atoms with van der Waals surface area (Å²) in [5.74, 6) is -2.23. The molecule has 0 aliphatic carbocycles. The second-order valence-electron chi connectivity index (χ2n) is 3.01. The smallest absolute Gasteiger partial charge is 0.165 e. The number of allylic oxidation sites excluding steroid dienone is 1. The summed E-state index contributed by atoms with van der Waals surface area (Å²) in [5, 5.41) is 15.7. The van der Waals surface area contributed by atoms with Crippen LogP contribution in [0.1, 0.15) is 0 Å². The number of anilines is 1. The highest BCUT2D eigenvalue weighted by Crippen LogP contribution is 2.34. The van der Waals surface area contributed by atoms with Gasteiger partial charge in [-0.3, -0.25) is 5.43 Å². The van der Waals surface area contributed by atoms with E-state index in [9.17, 15) is 8.78 Å². The lowest BCUT2D eigenvalue weighted by molar-refractivity contribution is 0.584. The summed E-state index contributed by atoms with van der Waals surface area (Å²) in [6, 6.07) is 3.90. The lowest BCUT2D eigenvalue weighted by Gasteiger charge is -2.17. The molecule has 4 nitrogen and oxygen atoms in total. The summed E-state index contributed by atoms with van der Waals surface area (Å²) < 4.78 is 27.3. The Balaban J connectivity index is 3.09. The summed E-state index contributed by atoms with van der Waals surface area (Å²) in [5.41, 5.74) is 1.68. The van der Waals surface area contributed by atoms with Crippen LogP contribution in [0.25, 0.3) is 0 Å². The van der Waals surface area contributed by atoms with Crippen LogP contribution in [0.3, 0.4) is 0 Å². The van der Waals surface area contributed by atoms with Crippen molar-refractivity contribution in [2.45, 2.75) is 0 Å². The first-order valence-electron chi connectivity index (χ1n) is 4.47. The predicted octanol–water partition coefficient (Wildman–Crippen LogP) is 3.67. The first kappa shape index (κ1) is 15.3. The van der Waals surface area contributed by atoms with Gasteiger partial charge in [0, 0.05) is 24.0 Å². The van der Waals surface area contributed by atoms with Crippen LogP contribution < -0.4 is 9.95 Å². The van der Waals surface area contributed by atoms with Crippen LogP contribution in [0, 0.1) is 34.3 Å². The maximum atomic E-state index is 13.4. The first-order chi connectivity index (χ1) is 8.92. The normalized spacial score (nSPS) is 9.21. The zero-order valence-corrected chi connectivity index (χ0v) is 11.2. The molecule has 0 spiro atoms. The van der Waals surface area contributed by atoms with Crippen molar-refractivity contribution in [1.29, 1.82) is 10.5 Å². The Morgan fingerprint density at radius 2 is 1.84 bits per heavy atom. The van der Waals surface area contributed by atoms with E-state index in [1.807, 2.05) is 0 Å². The molecule has 0 atom stereocenters. The molecule has 1 aromatic rings. The molecule has 0 saturated heterocycles. The number of nitriles is 2. The molecule has 0 amide bonds. The van der Waals surface area contributed by atoms with Crippen molar-refractivity contribution in [3.63, 3.8) is 0 Å². The number of nitrogens with one attached hydrogen (secondary N) is 1.